The first-order chi connectivity index (χ1) is 11.7. The third-order valence-corrected chi connectivity index (χ3v) is 4.70. The van der Waals surface area contributed by atoms with E-state index in [9.17, 15) is 4.79 Å². The second kappa shape index (κ2) is 6.22. The molecule has 4 rings (SSSR count). The molecule has 0 radical (unpaired) electrons. The molecule has 2 aromatic rings. The summed E-state index contributed by atoms with van der Waals surface area (Å²) >= 11 is 0. The summed E-state index contributed by atoms with van der Waals surface area (Å²) in [5.74, 6) is 2.42. The van der Waals surface area contributed by atoms with Gasteiger partial charge in [0.15, 0.2) is 5.69 Å². The molecule has 7 heteroatoms. The second-order valence-corrected chi connectivity index (χ2v) is 6.78. The van der Waals surface area contributed by atoms with Crippen molar-refractivity contribution in [2.75, 3.05) is 23.3 Å². The van der Waals surface area contributed by atoms with Gasteiger partial charge in [0.2, 0.25) is 5.95 Å². The van der Waals surface area contributed by atoms with Crippen LogP contribution in [0, 0.1) is 5.92 Å². The topological polar surface area (TPSA) is 84.2 Å². The number of hydrogen-bond donors (Lipinski definition) is 1. The van der Waals surface area contributed by atoms with Gasteiger partial charge < -0.3 is 14.7 Å². The zero-order valence-electron chi connectivity index (χ0n) is 13.7. The fourth-order valence-electron chi connectivity index (χ4n) is 2.91. The molecule has 1 N–H and O–H groups in total. The second-order valence-electron chi connectivity index (χ2n) is 6.78. The standard InChI is InChI=1S/C17H21N5O2/c1-11-4-6-22(7-5-11)17-18-9-13(10-19-17)20-16(23)14-8-15(24-21-14)12-2-3-12/h8-12H,2-7H2,1H3,(H,20,23). The summed E-state index contributed by atoms with van der Waals surface area (Å²) in [7, 11) is 0. The van der Waals surface area contributed by atoms with Crippen LogP contribution in [0.5, 0.6) is 0 Å². The molecule has 0 aromatic carbocycles. The Kier molecular flexibility index (Phi) is 3.92. The Balaban J connectivity index is 1.38. The molecule has 1 saturated carbocycles. The first-order valence-electron chi connectivity index (χ1n) is 8.54. The minimum atomic E-state index is -0.297. The molecule has 3 heterocycles. The molecular formula is C17H21N5O2. The van der Waals surface area contributed by atoms with Crippen LogP contribution in [0.25, 0.3) is 0 Å². The molecule has 24 heavy (non-hydrogen) atoms. The number of piperidine rings is 1. The van der Waals surface area contributed by atoms with Crippen LogP contribution in [0.1, 0.15) is 54.8 Å². The molecule has 7 nitrogen and oxygen atoms in total. The largest absolute Gasteiger partial charge is 0.360 e. The highest BCUT2D eigenvalue weighted by Gasteiger charge is 2.29. The minimum absolute atomic E-state index is 0.297. The van der Waals surface area contributed by atoms with Crippen molar-refractivity contribution in [2.24, 2.45) is 5.92 Å². The van der Waals surface area contributed by atoms with Crippen molar-refractivity contribution in [1.29, 1.82) is 0 Å². The summed E-state index contributed by atoms with van der Waals surface area (Å²) < 4.78 is 5.21. The Labute approximate surface area is 140 Å². The average molecular weight is 327 g/mol. The van der Waals surface area contributed by atoms with E-state index in [1.807, 2.05) is 0 Å². The van der Waals surface area contributed by atoms with Crippen molar-refractivity contribution in [3.63, 3.8) is 0 Å². The number of carbonyl (C=O) groups excluding carboxylic acids is 1. The van der Waals surface area contributed by atoms with E-state index < -0.39 is 0 Å². The number of anilines is 2. The monoisotopic (exact) mass is 327 g/mol. The number of rotatable bonds is 4. The molecule has 0 unspecified atom stereocenters. The minimum Gasteiger partial charge on any atom is -0.360 e. The fraction of sp³-hybridized carbons (Fsp3) is 0.529. The van der Waals surface area contributed by atoms with Gasteiger partial charge in [-0.15, -0.1) is 0 Å². The van der Waals surface area contributed by atoms with Gasteiger partial charge in [-0.3, -0.25) is 4.79 Å². The van der Waals surface area contributed by atoms with Crippen LogP contribution in [0.3, 0.4) is 0 Å². The summed E-state index contributed by atoms with van der Waals surface area (Å²) in [5.41, 5.74) is 0.857. The average Bonchev–Trinajstić information content (AvgIpc) is 3.33. The zero-order valence-corrected chi connectivity index (χ0v) is 13.7. The van der Waals surface area contributed by atoms with E-state index in [2.05, 4.69) is 32.3 Å². The molecule has 1 saturated heterocycles. The summed E-state index contributed by atoms with van der Waals surface area (Å²) in [6.07, 6.45) is 7.83. The van der Waals surface area contributed by atoms with Crippen LogP contribution < -0.4 is 10.2 Å². The van der Waals surface area contributed by atoms with Crippen molar-refractivity contribution in [3.8, 4) is 0 Å². The molecule has 0 bridgehead atoms. The highest BCUT2D eigenvalue weighted by Crippen LogP contribution is 2.40. The maximum atomic E-state index is 12.2. The van der Waals surface area contributed by atoms with Gasteiger partial charge in [0.1, 0.15) is 5.76 Å². The van der Waals surface area contributed by atoms with Gasteiger partial charge in [-0.1, -0.05) is 12.1 Å². The molecule has 1 aliphatic heterocycles. The van der Waals surface area contributed by atoms with E-state index in [4.69, 9.17) is 4.52 Å². The van der Waals surface area contributed by atoms with E-state index in [1.165, 1.54) is 0 Å². The molecule has 1 aliphatic carbocycles. The van der Waals surface area contributed by atoms with Gasteiger partial charge in [0.25, 0.3) is 5.91 Å². The molecule has 2 fully saturated rings. The van der Waals surface area contributed by atoms with E-state index >= 15 is 0 Å². The number of hydrogen-bond acceptors (Lipinski definition) is 6. The van der Waals surface area contributed by atoms with Gasteiger partial charge in [0.05, 0.1) is 18.1 Å². The lowest BCUT2D eigenvalue weighted by atomic mass is 10.00. The molecule has 0 spiro atoms. The third kappa shape index (κ3) is 3.25. The Hall–Kier alpha value is -2.44. The third-order valence-electron chi connectivity index (χ3n) is 4.70. The van der Waals surface area contributed by atoms with Crippen molar-refractivity contribution < 1.29 is 9.32 Å². The van der Waals surface area contributed by atoms with Crippen LogP contribution in [0.2, 0.25) is 0 Å². The summed E-state index contributed by atoms with van der Waals surface area (Å²) in [5, 5.41) is 6.60. The first kappa shape index (κ1) is 15.1. The quantitative estimate of drug-likeness (QED) is 0.929. The van der Waals surface area contributed by atoms with E-state index in [-0.39, 0.29) is 5.91 Å². The summed E-state index contributed by atoms with van der Waals surface area (Å²) in [4.78, 5) is 23.1. The molecule has 0 atom stereocenters. The Bertz CT molecular complexity index is 715. The van der Waals surface area contributed by atoms with Gasteiger partial charge >= 0.3 is 0 Å². The van der Waals surface area contributed by atoms with E-state index in [1.54, 1.807) is 18.5 Å². The van der Waals surface area contributed by atoms with Gasteiger partial charge in [-0.05, 0) is 31.6 Å². The lowest BCUT2D eigenvalue weighted by Gasteiger charge is -2.30. The number of nitrogens with zero attached hydrogens (tertiary/aromatic N) is 4. The van der Waals surface area contributed by atoms with Crippen LogP contribution in [-0.4, -0.2) is 34.1 Å². The normalized spacial score (nSPS) is 18.6. The number of nitrogens with one attached hydrogen (secondary N) is 1. The van der Waals surface area contributed by atoms with Crippen molar-refractivity contribution in [1.82, 2.24) is 15.1 Å². The Morgan fingerprint density at radius 1 is 1.21 bits per heavy atom. The van der Waals surface area contributed by atoms with Crippen LogP contribution in [-0.2, 0) is 0 Å². The summed E-state index contributed by atoms with van der Waals surface area (Å²) in [6.45, 7) is 4.24. The lowest BCUT2D eigenvalue weighted by molar-refractivity contribution is 0.101. The van der Waals surface area contributed by atoms with Crippen LogP contribution >= 0.6 is 0 Å². The Morgan fingerprint density at radius 3 is 2.58 bits per heavy atom. The van der Waals surface area contributed by atoms with Crippen LogP contribution in [0.15, 0.2) is 23.0 Å². The molecule has 126 valence electrons. The highest BCUT2D eigenvalue weighted by molar-refractivity contribution is 6.02. The van der Waals surface area contributed by atoms with Crippen molar-refractivity contribution in [2.45, 2.75) is 38.5 Å². The number of carbonyl (C=O) groups is 1. The number of amides is 1. The van der Waals surface area contributed by atoms with Crippen LogP contribution in [0.4, 0.5) is 11.6 Å². The molecule has 2 aliphatic rings. The van der Waals surface area contributed by atoms with Gasteiger partial charge in [0, 0.05) is 25.1 Å². The molecular weight excluding hydrogens is 306 g/mol. The van der Waals surface area contributed by atoms with Gasteiger partial charge in [-0.2, -0.15) is 0 Å². The van der Waals surface area contributed by atoms with Gasteiger partial charge in [-0.25, -0.2) is 9.97 Å². The van der Waals surface area contributed by atoms with E-state index in [0.717, 1.165) is 56.4 Å². The lowest BCUT2D eigenvalue weighted by Crippen LogP contribution is -2.34. The van der Waals surface area contributed by atoms with E-state index in [0.29, 0.717) is 17.3 Å². The molecule has 2 aromatic heterocycles. The SMILES string of the molecule is CC1CCN(c2ncc(NC(=O)c3cc(C4CC4)on3)cn2)CC1. The summed E-state index contributed by atoms with van der Waals surface area (Å²) in [6, 6.07) is 1.72. The highest BCUT2D eigenvalue weighted by atomic mass is 16.5. The van der Waals surface area contributed by atoms with Crippen molar-refractivity contribution >= 4 is 17.5 Å². The number of aromatic nitrogens is 3. The fourth-order valence-corrected chi connectivity index (χ4v) is 2.91. The first-order valence-corrected chi connectivity index (χ1v) is 8.54. The predicted molar refractivity (Wildman–Crippen MR) is 89.1 cm³/mol. The zero-order chi connectivity index (χ0) is 16.5. The smallest absolute Gasteiger partial charge is 0.277 e. The predicted octanol–water partition coefficient (Wildman–Crippen LogP) is 2.83. The Morgan fingerprint density at radius 2 is 1.92 bits per heavy atom. The maximum absolute atomic E-state index is 12.2. The van der Waals surface area contributed by atoms with Crippen molar-refractivity contribution in [3.05, 3.63) is 29.9 Å². The maximum Gasteiger partial charge on any atom is 0.277 e. The molecule has 1 amide bonds.